The molecule has 0 saturated carbocycles. The van der Waals surface area contributed by atoms with Gasteiger partial charge in [-0.1, -0.05) is 34.9 Å². The van der Waals surface area contributed by atoms with Gasteiger partial charge < -0.3 is 10.5 Å². The van der Waals surface area contributed by atoms with Crippen molar-refractivity contribution in [3.05, 3.63) is 53.1 Å². The second-order valence-electron chi connectivity index (χ2n) is 4.11. The minimum absolute atomic E-state index is 0.167. The Morgan fingerprint density at radius 3 is 2.60 bits per heavy atom. The Morgan fingerprint density at radius 1 is 1.00 bits per heavy atom. The first-order chi connectivity index (χ1) is 9.78. The second kappa shape index (κ2) is 5.40. The molecule has 0 aliphatic rings. The molecule has 0 aliphatic heterocycles. The third-order valence-corrected chi connectivity index (χ3v) is 3.18. The third kappa shape index (κ3) is 2.41. The number of ether oxygens (including phenoxy) is 1. The van der Waals surface area contributed by atoms with E-state index in [1.165, 1.54) is 0 Å². The summed E-state index contributed by atoms with van der Waals surface area (Å²) in [6.07, 6.45) is 0. The Bertz CT molecular complexity index is 763. The molecule has 0 amide bonds. The Hall–Kier alpha value is -2.24. The minimum atomic E-state index is 0.167. The molecule has 5 nitrogen and oxygen atoms in total. The Morgan fingerprint density at radius 2 is 1.80 bits per heavy atom. The van der Waals surface area contributed by atoms with Crippen molar-refractivity contribution in [2.24, 2.45) is 5.73 Å². The number of fused-ring (bicyclic) bond motifs is 1. The van der Waals surface area contributed by atoms with Crippen molar-refractivity contribution >= 4 is 22.6 Å². The normalized spacial score (nSPS) is 10.7. The fraction of sp³-hybridized carbons (Fsp3) is 0.0714. The SMILES string of the molecule is NCc1c(Cl)cccc1Oc1nnc2ccccc2n1. The highest BCUT2D eigenvalue weighted by atomic mass is 35.5. The average Bonchev–Trinajstić information content (AvgIpc) is 2.47. The van der Waals surface area contributed by atoms with Gasteiger partial charge in [0.15, 0.2) is 0 Å². The van der Waals surface area contributed by atoms with E-state index < -0.39 is 0 Å². The Kier molecular flexibility index (Phi) is 3.45. The highest BCUT2D eigenvalue weighted by molar-refractivity contribution is 6.31. The molecule has 1 heterocycles. The highest BCUT2D eigenvalue weighted by Crippen LogP contribution is 2.28. The molecule has 2 N–H and O–H groups in total. The molecular formula is C14H11ClN4O. The van der Waals surface area contributed by atoms with Crippen molar-refractivity contribution in [3.8, 4) is 11.8 Å². The fourth-order valence-electron chi connectivity index (χ4n) is 1.84. The van der Waals surface area contributed by atoms with Gasteiger partial charge >= 0.3 is 6.01 Å². The van der Waals surface area contributed by atoms with Crippen LogP contribution in [0.3, 0.4) is 0 Å². The van der Waals surface area contributed by atoms with Crippen LogP contribution in [0.4, 0.5) is 0 Å². The molecular weight excluding hydrogens is 276 g/mol. The van der Waals surface area contributed by atoms with E-state index in [4.69, 9.17) is 22.1 Å². The van der Waals surface area contributed by atoms with Crippen LogP contribution in [0.2, 0.25) is 5.02 Å². The molecule has 0 bridgehead atoms. The summed E-state index contributed by atoms with van der Waals surface area (Å²) in [6.45, 7) is 0.274. The smallest absolute Gasteiger partial charge is 0.341 e. The Labute approximate surface area is 120 Å². The highest BCUT2D eigenvalue weighted by Gasteiger charge is 2.10. The van der Waals surface area contributed by atoms with Crippen LogP contribution in [0.15, 0.2) is 42.5 Å². The first-order valence-corrected chi connectivity index (χ1v) is 6.40. The summed E-state index contributed by atoms with van der Waals surface area (Å²) >= 11 is 6.07. The van der Waals surface area contributed by atoms with Crippen LogP contribution in [-0.4, -0.2) is 15.2 Å². The number of para-hydroxylation sites is 1. The van der Waals surface area contributed by atoms with Gasteiger partial charge in [-0.15, -0.1) is 5.10 Å². The van der Waals surface area contributed by atoms with Crippen LogP contribution in [-0.2, 0) is 6.54 Å². The van der Waals surface area contributed by atoms with Gasteiger partial charge in [0.1, 0.15) is 11.3 Å². The summed E-state index contributed by atoms with van der Waals surface area (Å²) in [7, 11) is 0. The molecule has 20 heavy (non-hydrogen) atoms. The molecule has 1 aromatic heterocycles. The maximum absolute atomic E-state index is 6.07. The van der Waals surface area contributed by atoms with Crippen LogP contribution >= 0.6 is 11.6 Å². The zero-order chi connectivity index (χ0) is 13.9. The van der Waals surface area contributed by atoms with Gasteiger partial charge in [0.05, 0.1) is 5.52 Å². The van der Waals surface area contributed by atoms with E-state index in [0.717, 1.165) is 0 Å². The predicted octanol–water partition coefficient (Wildman–Crippen LogP) is 2.93. The van der Waals surface area contributed by atoms with Gasteiger partial charge in [-0.3, -0.25) is 0 Å². The summed E-state index contributed by atoms with van der Waals surface area (Å²) in [5.41, 5.74) is 7.82. The van der Waals surface area contributed by atoms with Crippen molar-refractivity contribution < 1.29 is 4.74 Å². The largest absolute Gasteiger partial charge is 0.423 e. The van der Waals surface area contributed by atoms with E-state index in [1.54, 1.807) is 18.2 Å². The molecule has 0 atom stereocenters. The zero-order valence-electron chi connectivity index (χ0n) is 10.5. The second-order valence-corrected chi connectivity index (χ2v) is 4.51. The summed E-state index contributed by atoms with van der Waals surface area (Å²) in [4.78, 5) is 4.30. The summed E-state index contributed by atoms with van der Waals surface area (Å²) in [5, 5.41) is 8.55. The fourth-order valence-corrected chi connectivity index (χ4v) is 2.08. The summed E-state index contributed by atoms with van der Waals surface area (Å²) in [5.74, 6) is 0.539. The summed E-state index contributed by atoms with van der Waals surface area (Å²) < 4.78 is 5.64. The molecule has 0 unspecified atom stereocenters. The molecule has 6 heteroatoms. The molecule has 0 radical (unpaired) electrons. The van der Waals surface area contributed by atoms with E-state index in [0.29, 0.717) is 27.4 Å². The topological polar surface area (TPSA) is 73.9 Å². The molecule has 0 fully saturated rings. The minimum Gasteiger partial charge on any atom is -0.423 e. The first kappa shape index (κ1) is 12.8. The van der Waals surface area contributed by atoms with E-state index in [1.807, 2.05) is 24.3 Å². The number of rotatable bonds is 3. The Balaban J connectivity index is 1.99. The zero-order valence-corrected chi connectivity index (χ0v) is 11.2. The van der Waals surface area contributed by atoms with Gasteiger partial charge in [-0.05, 0) is 24.3 Å². The van der Waals surface area contributed by atoms with Crippen molar-refractivity contribution in [2.75, 3.05) is 0 Å². The quantitative estimate of drug-likeness (QED) is 0.801. The number of benzene rings is 2. The average molecular weight is 287 g/mol. The number of nitrogens with two attached hydrogens (primary N) is 1. The lowest BCUT2D eigenvalue weighted by atomic mass is 10.2. The number of nitrogens with zero attached hydrogens (tertiary/aromatic N) is 3. The van der Waals surface area contributed by atoms with Crippen LogP contribution < -0.4 is 10.5 Å². The predicted molar refractivity (Wildman–Crippen MR) is 76.8 cm³/mol. The van der Waals surface area contributed by atoms with Crippen LogP contribution in [0.1, 0.15) is 5.56 Å². The number of hydrogen-bond donors (Lipinski definition) is 1. The molecule has 100 valence electrons. The number of aromatic nitrogens is 3. The molecule has 0 aliphatic carbocycles. The van der Waals surface area contributed by atoms with Gasteiger partial charge in [0.25, 0.3) is 0 Å². The van der Waals surface area contributed by atoms with Gasteiger partial charge in [-0.2, -0.15) is 4.98 Å². The van der Waals surface area contributed by atoms with Crippen molar-refractivity contribution in [1.82, 2.24) is 15.2 Å². The van der Waals surface area contributed by atoms with Gasteiger partial charge in [0.2, 0.25) is 0 Å². The third-order valence-electron chi connectivity index (χ3n) is 2.82. The lowest BCUT2D eigenvalue weighted by Gasteiger charge is -2.09. The monoisotopic (exact) mass is 286 g/mol. The van der Waals surface area contributed by atoms with E-state index in [2.05, 4.69) is 15.2 Å². The van der Waals surface area contributed by atoms with Crippen LogP contribution in [0, 0.1) is 0 Å². The van der Waals surface area contributed by atoms with E-state index >= 15 is 0 Å². The van der Waals surface area contributed by atoms with Gasteiger partial charge in [0, 0.05) is 17.1 Å². The number of halogens is 1. The van der Waals surface area contributed by atoms with Crippen molar-refractivity contribution in [1.29, 1.82) is 0 Å². The van der Waals surface area contributed by atoms with Crippen LogP contribution in [0.25, 0.3) is 11.0 Å². The lowest BCUT2D eigenvalue weighted by Crippen LogP contribution is -2.02. The van der Waals surface area contributed by atoms with Crippen molar-refractivity contribution in [2.45, 2.75) is 6.54 Å². The standard InChI is InChI=1S/C14H11ClN4O/c15-10-4-3-7-13(9(10)8-16)20-14-17-11-5-1-2-6-12(11)18-19-14/h1-7H,8,16H2. The van der Waals surface area contributed by atoms with E-state index in [9.17, 15) is 0 Å². The first-order valence-electron chi connectivity index (χ1n) is 6.02. The van der Waals surface area contributed by atoms with Crippen molar-refractivity contribution in [3.63, 3.8) is 0 Å². The lowest BCUT2D eigenvalue weighted by molar-refractivity contribution is 0.432. The molecule has 0 saturated heterocycles. The molecule has 3 rings (SSSR count). The molecule has 3 aromatic rings. The van der Waals surface area contributed by atoms with Gasteiger partial charge in [-0.25, -0.2) is 0 Å². The maximum atomic E-state index is 6.07. The molecule has 2 aromatic carbocycles. The van der Waals surface area contributed by atoms with E-state index in [-0.39, 0.29) is 12.6 Å². The van der Waals surface area contributed by atoms with Crippen LogP contribution in [0.5, 0.6) is 11.8 Å². The molecule has 0 spiro atoms. The maximum Gasteiger partial charge on any atom is 0.341 e. The summed E-state index contributed by atoms with van der Waals surface area (Å²) in [6, 6.07) is 12.9. The number of hydrogen-bond acceptors (Lipinski definition) is 5.